The number of non-ortho nitro benzene ring substituents is 1. The maximum atomic E-state index is 11.1. The van der Waals surface area contributed by atoms with Crippen LogP contribution in [-0.2, 0) is 6.42 Å². The van der Waals surface area contributed by atoms with Crippen molar-refractivity contribution in [2.45, 2.75) is 6.42 Å². The number of hydrogen-bond acceptors (Lipinski definition) is 5. The molecule has 2 aromatic rings. The molecule has 0 fully saturated rings. The van der Waals surface area contributed by atoms with Crippen molar-refractivity contribution in [3.63, 3.8) is 0 Å². The van der Waals surface area contributed by atoms with Crippen LogP contribution in [-0.4, -0.2) is 24.8 Å². The van der Waals surface area contributed by atoms with E-state index in [1.807, 2.05) is 23.4 Å². The molecular weight excluding hydrogens is 276 g/mol. The van der Waals surface area contributed by atoms with Gasteiger partial charge in [-0.1, -0.05) is 6.07 Å². The van der Waals surface area contributed by atoms with Gasteiger partial charge in [-0.3, -0.25) is 14.9 Å². The number of hydrogen-bond donors (Lipinski definition) is 0. The number of carbonyl (C=O) groups is 1. The molecule has 0 N–H and O–H groups in total. The first-order chi connectivity index (χ1) is 9.61. The Kier molecular flexibility index (Phi) is 4.47. The summed E-state index contributed by atoms with van der Waals surface area (Å²) in [6.07, 6.45) is 1.54. The molecule has 104 valence electrons. The largest absolute Gasteiger partial charge is 0.374 e. The van der Waals surface area contributed by atoms with Crippen LogP contribution in [0.4, 0.5) is 11.4 Å². The van der Waals surface area contributed by atoms with Crippen molar-refractivity contribution in [3.8, 4) is 0 Å². The van der Waals surface area contributed by atoms with Gasteiger partial charge in [0.1, 0.15) is 0 Å². The fourth-order valence-electron chi connectivity index (χ4n) is 1.95. The highest BCUT2D eigenvalue weighted by molar-refractivity contribution is 7.09. The van der Waals surface area contributed by atoms with Crippen molar-refractivity contribution in [1.29, 1.82) is 0 Å². The van der Waals surface area contributed by atoms with Gasteiger partial charge in [0.15, 0.2) is 6.29 Å². The molecule has 0 saturated carbocycles. The number of aldehydes is 1. The quantitative estimate of drug-likeness (QED) is 0.466. The molecule has 0 aliphatic carbocycles. The van der Waals surface area contributed by atoms with Gasteiger partial charge in [-0.15, -0.1) is 11.3 Å². The summed E-state index contributed by atoms with van der Waals surface area (Å²) in [5.74, 6) is 0. The van der Waals surface area contributed by atoms with Crippen molar-refractivity contribution in [1.82, 2.24) is 0 Å². The van der Waals surface area contributed by atoms with Crippen LogP contribution in [0.25, 0.3) is 0 Å². The Morgan fingerprint density at radius 2 is 2.20 bits per heavy atom. The highest BCUT2D eigenvalue weighted by atomic mass is 32.1. The summed E-state index contributed by atoms with van der Waals surface area (Å²) in [6, 6.07) is 8.42. The van der Waals surface area contributed by atoms with E-state index < -0.39 is 4.92 Å². The first kappa shape index (κ1) is 14.2. The van der Waals surface area contributed by atoms with Gasteiger partial charge in [0.2, 0.25) is 0 Å². The van der Waals surface area contributed by atoms with E-state index in [4.69, 9.17) is 0 Å². The van der Waals surface area contributed by atoms with Gasteiger partial charge >= 0.3 is 0 Å². The smallest absolute Gasteiger partial charge is 0.270 e. The fourth-order valence-corrected chi connectivity index (χ4v) is 2.65. The number of nitrogens with zero attached hydrogens (tertiary/aromatic N) is 2. The Bertz CT molecular complexity index is 611. The number of carbonyl (C=O) groups excluding carboxylic acids is 1. The molecule has 0 aliphatic heterocycles. The Morgan fingerprint density at radius 3 is 2.80 bits per heavy atom. The molecule has 0 amide bonds. The Hall–Kier alpha value is -2.21. The molecule has 1 aromatic carbocycles. The lowest BCUT2D eigenvalue weighted by molar-refractivity contribution is -0.384. The van der Waals surface area contributed by atoms with Crippen LogP contribution in [0.1, 0.15) is 15.2 Å². The second kappa shape index (κ2) is 6.29. The van der Waals surface area contributed by atoms with Crippen LogP contribution in [0, 0.1) is 10.1 Å². The molecule has 0 unspecified atom stereocenters. The molecule has 1 aromatic heterocycles. The van der Waals surface area contributed by atoms with Crippen LogP contribution in [0.5, 0.6) is 0 Å². The minimum absolute atomic E-state index is 0.0671. The van der Waals surface area contributed by atoms with E-state index in [0.29, 0.717) is 17.5 Å². The van der Waals surface area contributed by atoms with E-state index in [1.165, 1.54) is 17.0 Å². The summed E-state index contributed by atoms with van der Waals surface area (Å²) in [7, 11) is 1.88. The molecule has 2 rings (SSSR count). The second-order valence-electron chi connectivity index (χ2n) is 4.37. The molecule has 0 bridgehead atoms. The van der Waals surface area contributed by atoms with Crippen LogP contribution in [0.3, 0.4) is 0 Å². The van der Waals surface area contributed by atoms with Crippen LogP contribution >= 0.6 is 11.3 Å². The summed E-state index contributed by atoms with van der Waals surface area (Å²) in [6.45, 7) is 0.749. The zero-order valence-electron chi connectivity index (χ0n) is 11.0. The zero-order valence-corrected chi connectivity index (χ0v) is 11.8. The Labute approximate surface area is 120 Å². The van der Waals surface area contributed by atoms with E-state index >= 15 is 0 Å². The Balaban J connectivity index is 2.14. The SMILES string of the molecule is CN(CCc1cccs1)c1ccc([N+](=O)[O-])cc1C=O. The van der Waals surface area contributed by atoms with Gasteiger partial charge in [-0.05, 0) is 23.9 Å². The molecule has 0 spiro atoms. The average Bonchev–Trinajstić information content (AvgIpc) is 2.97. The molecule has 0 saturated heterocycles. The molecule has 0 aliphatic rings. The van der Waals surface area contributed by atoms with Crippen LogP contribution < -0.4 is 4.90 Å². The third kappa shape index (κ3) is 3.21. The highest BCUT2D eigenvalue weighted by Gasteiger charge is 2.13. The zero-order chi connectivity index (χ0) is 14.5. The van der Waals surface area contributed by atoms with E-state index in [-0.39, 0.29) is 5.69 Å². The molecule has 6 heteroatoms. The average molecular weight is 290 g/mol. The van der Waals surface area contributed by atoms with E-state index in [2.05, 4.69) is 6.07 Å². The number of rotatable bonds is 6. The minimum Gasteiger partial charge on any atom is -0.374 e. The van der Waals surface area contributed by atoms with Crippen LogP contribution in [0.15, 0.2) is 35.7 Å². The van der Waals surface area contributed by atoms with Gasteiger partial charge < -0.3 is 4.90 Å². The van der Waals surface area contributed by atoms with Crippen molar-refractivity contribution >= 4 is 29.0 Å². The van der Waals surface area contributed by atoms with Crippen molar-refractivity contribution in [2.24, 2.45) is 0 Å². The summed E-state index contributed by atoms with van der Waals surface area (Å²) in [5.41, 5.74) is 0.984. The predicted molar refractivity (Wildman–Crippen MR) is 79.8 cm³/mol. The predicted octanol–water partition coefficient (Wildman–Crippen LogP) is 3.15. The highest BCUT2D eigenvalue weighted by Crippen LogP contribution is 2.24. The number of nitro groups is 1. The third-order valence-electron chi connectivity index (χ3n) is 3.03. The first-order valence-electron chi connectivity index (χ1n) is 6.09. The number of thiophene rings is 1. The maximum Gasteiger partial charge on any atom is 0.270 e. The van der Waals surface area contributed by atoms with Gasteiger partial charge in [0.05, 0.1) is 4.92 Å². The molecule has 0 atom stereocenters. The van der Waals surface area contributed by atoms with Gasteiger partial charge in [-0.2, -0.15) is 0 Å². The number of nitro benzene ring substituents is 1. The summed E-state index contributed by atoms with van der Waals surface area (Å²) >= 11 is 1.69. The van der Waals surface area contributed by atoms with Gasteiger partial charge in [-0.25, -0.2) is 0 Å². The molecular formula is C14H14N2O3S. The lowest BCUT2D eigenvalue weighted by Crippen LogP contribution is -2.21. The Morgan fingerprint density at radius 1 is 1.40 bits per heavy atom. The van der Waals surface area contributed by atoms with E-state index in [9.17, 15) is 14.9 Å². The number of anilines is 1. The fraction of sp³-hybridized carbons (Fsp3) is 0.214. The molecule has 20 heavy (non-hydrogen) atoms. The molecule has 5 nitrogen and oxygen atoms in total. The number of benzene rings is 1. The topological polar surface area (TPSA) is 63.4 Å². The monoisotopic (exact) mass is 290 g/mol. The van der Waals surface area contributed by atoms with Crippen molar-refractivity contribution < 1.29 is 9.72 Å². The van der Waals surface area contributed by atoms with Gasteiger partial charge in [0, 0.05) is 41.9 Å². The standard InChI is InChI=1S/C14H14N2O3S/c1-15(7-6-13-3-2-8-20-13)14-5-4-12(16(18)19)9-11(14)10-17/h2-5,8-10H,6-7H2,1H3. The van der Waals surface area contributed by atoms with E-state index in [1.54, 1.807) is 17.4 Å². The molecule has 1 heterocycles. The first-order valence-corrected chi connectivity index (χ1v) is 6.97. The molecule has 0 radical (unpaired) electrons. The third-order valence-corrected chi connectivity index (χ3v) is 3.97. The lowest BCUT2D eigenvalue weighted by atomic mass is 10.1. The van der Waals surface area contributed by atoms with Gasteiger partial charge in [0.25, 0.3) is 5.69 Å². The van der Waals surface area contributed by atoms with Crippen molar-refractivity contribution in [3.05, 3.63) is 56.3 Å². The summed E-state index contributed by atoms with van der Waals surface area (Å²) < 4.78 is 0. The minimum atomic E-state index is -0.498. The van der Waals surface area contributed by atoms with Crippen molar-refractivity contribution in [2.75, 3.05) is 18.5 Å². The summed E-state index contributed by atoms with van der Waals surface area (Å²) in [4.78, 5) is 24.5. The summed E-state index contributed by atoms with van der Waals surface area (Å²) in [5, 5.41) is 12.7. The normalized spacial score (nSPS) is 10.2. The van der Waals surface area contributed by atoms with E-state index in [0.717, 1.165) is 13.0 Å². The number of likely N-dealkylation sites (N-methyl/N-ethyl adjacent to an activating group) is 1. The maximum absolute atomic E-state index is 11.1. The second-order valence-corrected chi connectivity index (χ2v) is 5.40. The lowest BCUT2D eigenvalue weighted by Gasteiger charge is -2.20. The van der Waals surface area contributed by atoms with Crippen LogP contribution in [0.2, 0.25) is 0 Å².